The van der Waals surface area contributed by atoms with E-state index in [9.17, 15) is 9.90 Å². The van der Waals surface area contributed by atoms with E-state index in [0.29, 0.717) is 5.75 Å². The van der Waals surface area contributed by atoms with E-state index in [0.717, 1.165) is 16.3 Å². The van der Waals surface area contributed by atoms with Gasteiger partial charge in [-0.05, 0) is 28.5 Å². The first-order valence-electron chi connectivity index (χ1n) is 7.78. The Kier molecular flexibility index (Phi) is 4.70. The molecule has 0 aromatic heterocycles. The summed E-state index contributed by atoms with van der Waals surface area (Å²) in [7, 11) is 2.92. The number of aromatic hydroxyl groups is 1. The molecule has 25 heavy (non-hydrogen) atoms. The van der Waals surface area contributed by atoms with Gasteiger partial charge in [-0.25, -0.2) is 0 Å². The van der Waals surface area contributed by atoms with Crippen LogP contribution in [0, 0.1) is 0 Å². The third kappa shape index (κ3) is 3.48. The van der Waals surface area contributed by atoms with Gasteiger partial charge in [0, 0.05) is 12.1 Å². The summed E-state index contributed by atoms with van der Waals surface area (Å²) in [6.07, 6.45) is 3.14. The maximum absolute atomic E-state index is 12.5. The number of ether oxygens (including phenoxy) is 2. The van der Waals surface area contributed by atoms with E-state index >= 15 is 0 Å². The van der Waals surface area contributed by atoms with Crippen LogP contribution < -0.4 is 9.47 Å². The van der Waals surface area contributed by atoms with Crippen molar-refractivity contribution in [1.82, 2.24) is 0 Å². The third-order valence-electron chi connectivity index (χ3n) is 3.96. The van der Waals surface area contributed by atoms with E-state index < -0.39 is 0 Å². The highest BCUT2D eigenvalue weighted by Gasteiger charge is 2.17. The predicted molar refractivity (Wildman–Crippen MR) is 98.5 cm³/mol. The maximum Gasteiger partial charge on any atom is 0.193 e. The van der Waals surface area contributed by atoms with Crippen LogP contribution in [0.5, 0.6) is 17.2 Å². The van der Waals surface area contributed by atoms with Gasteiger partial charge in [0.05, 0.1) is 14.2 Å². The molecule has 0 aliphatic rings. The number of allylic oxidation sites excluding steroid dienone is 1. The van der Waals surface area contributed by atoms with Crippen molar-refractivity contribution in [1.29, 1.82) is 0 Å². The smallest absolute Gasteiger partial charge is 0.193 e. The van der Waals surface area contributed by atoms with Gasteiger partial charge in [0.15, 0.2) is 5.78 Å². The second-order valence-electron chi connectivity index (χ2n) is 5.53. The molecule has 3 aromatic rings. The Morgan fingerprint density at radius 3 is 2.44 bits per heavy atom. The quantitative estimate of drug-likeness (QED) is 0.553. The molecule has 0 spiro atoms. The first-order valence-corrected chi connectivity index (χ1v) is 7.78. The largest absolute Gasteiger partial charge is 0.507 e. The van der Waals surface area contributed by atoms with E-state index in [4.69, 9.17) is 9.47 Å². The second-order valence-corrected chi connectivity index (χ2v) is 5.53. The molecule has 0 radical (unpaired) electrons. The van der Waals surface area contributed by atoms with Gasteiger partial charge in [-0.1, -0.05) is 42.5 Å². The van der Waals surface area contributed by atoms with E-state index in [1.54, 1.807) is 12.1 Å². The molecule has 0 fully saturated rings. The topological polar surface area (TPSA) is 55.8 Å². The van der Waals surface area contributed by atoms with Crippen LogP contribution in [0.25, 0.3) is 16.8 Å². The maximum atomic E-state index is 12.5. The molecular weight excluding hydrogens is 316 g/mol. The van der Waals surface area contributed by atoms with Gasteiger partial charge >= 0.3 is 0 Å². The Bertz CT molecular complexity index is 957. The molecule has 1 N–H and O–H groups in total. The van der Waals surface area contributed by atoms with Crippen molar-refractivity contribution >= 4 is 22.6 Å². The Morgan fingerprint density at radius 1 is 0.960 bits per heavy atom. The first kappa shape index (κ1) is 16.6. The Labute approximate surface area is 145 Å². The van der Waals surface area contributed by atoms with E-state index in [-0.39, 0.29) is 22.8 Å². The van der Waals surface area contributed by atoms with Crippen LogP contribution in [0.1, 0.15) is 15.9 Å². The van der Waals surface area contributed by atoms with Gasteiger partial charge in [0.25, 0.3) is 0 Å². The predicted octanol–water partition coefficient (Wildman–Crippen LogP) is 4.46. The molecular formula is C21H18O4. The van der Waals surface area contributed by atoms with Gasteiger partial charge in [-0.3, -0.25) is 4.79 Å². The lowest BCUT2D eigenvalue weighted by molar-refractivity contribution is 0.104. The Morgan fingerprint density at radius 2 is 1.72 bits per heavy atom. The molecule has 0 amide bonds. The van der Waals surface area contributed by atoms with Crippen molar-refractivity contribution in [3.05, 3.63) is 71.8 Å². The van der Waals surface area contributed by atoms with Gasteiger partial charge < -0.3 is 14.6 Å². The highest BCUT2D eigenvalue weighted by Crippen LogP contribution is 2.33. The Hall–Kier alpha value is -3.27. The average Bonchev–Trinajstić information content (AvgIpc) is 2.65. The summed E-state index contributed by atoms with van der Waals surface area (Å²) in [6, 6.07) is 16.9. The highest BCUT2D eigenvalue weighted by molar-refractivity contribution is 6.10. The van der Waals surface area contributed by atoms with Gasteiger partial charge in [0.2, 0.25) is 0 Å². The number of ketones is 1. The number of fused-ring (bicyclic) bond motifs is 1. The third-order valence-corrected chi connectivity index (χ3v) is 3.96. The summed E-state index contributed by atoms with van der Waals surface area (Å²) in [5, 5.41) is 12.4. The van der Waals surface area contributed by atoms with Gasteiger partial charge in [0.1, 0.15) is 22.8 Å². The zero-order chi connectivity index (χ0) is 17.8. The van der Waals surface area contributed by atoms with Crippen LogP contribution in [0.2, 0.25) is 0 Å². The van der Waals surface area contributed by atoms with Crippen molar-refractivity contribution in [3.8, 4) is 17.2 Å². The number of carbonyl (C=O) groups is 1. The van der Waals surface area contributed by atoms with Crippen molar-refractivity contribution in [3.63, 3.8) is 0 Å². The molecule has 4 nitrogen and oxygen atoms in total. The fourth-order valence-electron chi connectivity index (χ4n) is 2.67. The van der Waals surface area contributed by atoms with Gasteiger partial charge in [-0.2, -0.15) is 0 Å². The van der Waals surface area contributed by atoms with Crippen LogP contribution in [0.15, 0.2) is 60.7 Å². The summed E-state index contributed by atoms with van der Waals surface area (Å²) < 4.78 is 10.3. The Balaban J connectivity index is 1.91. The van der Waals surface area contributed by atoms with Crippen LogP contribution in [-0.2, 0) is 0 Å². The SMILES string of the molecule is COc1cc(O)c(C(=O)/C=C/c2ccc3ccccc3c2)c(OC)c1. The lowest BCUT2D eigenvalue weighted by Crippen LogP contribution is -2.00. The summed E-state index contributed by atoms with van der Waals surface area (Å²) in [5.41, 5.74) is 1.01. The summed E-state index contributed by atoms with van der Waals surface area (Å²) in [6.45, 7) is 0. The molecule has 0 saturated heterocycles. The fraction of sp³-hybridized carbons (Fsp3) is 0.0952. The summed E-state index contributed by atoms with van der Waals surface area (Å²) in [5.74, 6) is 0.170. The number of methoxy groups -OCH3 is 2. The minimum Gasteiger partial charge on any atom is -0.507 e. The molecule has 3 aromatic carbocycles. The fourth-order valence-corrected chi connectivity index (χ4v) is 2.67. The molecule has 0 atom stereocenters. The first-order chi connectivity index (χ1) is 12.1. The van der Waals surface area contributed by atoms with Crippen LogP contribution >= 0.6 is 0 Å². The molecule has 0 saturated carbocycles. The van der Waals surface area contributed by atoms with Crippen molar-refractivity contribution < 1.29 is 19.4 Å². The van der Waals surface area contributed by atoms with Gasteiger partial charge in [-0.15, -0.1) is 0 Å². The van der Waals surface area contributed by atoms with Crippen LogP contribution in [0.4, 0.5) is 0 Å². The normalized spacial score (nSPS) is 11.0. The minimum atomic E-state index is -0.342. The van der Waals surface area contributed by atoms with E-state index in [1.807, 2.05) is 42.5 Å². The summed E-state index contributed by atoms with van der Waals surface area (Å²) in [4.78, 5) is 12.5. The molecule has 0 unspecified atom stereocenters. The zero-order valence-electron chi connectivity index (χ0n) is 14.0. The lowest BCUT2D eigenvalue weighted by atomic mass is 10.0. The highest BCUT2D eigenvalue weighted by atomic mass is 16.5. The average molecular weight is 334 g/mol. The molecule has 0 heterocycles. The van der Waals surface area contributed by atoms with Crippen LogP contribution in [-0.4, -0.2) is 25.1 Å². The zero-order valence-corrected chi connectivity index (χ0v) is 14.0. The summed E-state index contributed by atoms with van der Waals surface area (Å²) >= 11 is 0. The molecule has 3 rings (SSSR count). The second kappa shape index (κ2) is 7.09. The number of phenols is 1. The standard InChI is InChI=1S/C21H18O4/c1-24-17-12-19(23)21(20(13-17)25-2)18(22)10-8-14-7-9-15-5-3-4-6-16(15)11-14/h3-13,23H,1-2H3/b10-8+. The van der Waals surface area contributed by atoms with Crippen LogP contribution in [0.3, 0.4) is 0 Å². The number of hydrogen-bond donors (Lipinski definition) is 1. The van der Waals surface area contributed by atoms with Crippen molar-refractivity contribution in [2.45, 2.75) is 0 Å². The number of phenolic OH excluding ortho intramolecular Hbond substituents is 1. The number of rotatable bonds is 5. The number of benzene rings is 3. The molecule has 0 aliphatic heterocycles. The van der Waals surface area contributed by atoms with Crippen molar-refractivity contribution in [2.24, 2.45) is 0 Å². The molecule has 126 valence electrons. The monoisotopic (exact) mass is 334 g/mol. The molecule has 0 bridgehead atoms. The van der Waals surface area contributed by atoms with Crippen molar-refractivity contribution in [2.75, 3.05) is 14.2 Å². The van der Waals surface area contributed by atoms with E-state index in [1.165, 1.54) is 26.4 Å². The van der Waals surface area contributed by atoms with E-state index in [2.05, 4.69) is 0 Å². The minimum absolute atomic E-state index is 0.111. The number of carbonyl (C=O) groups excluding carboxylic acids is 1. The molecule has 4 heteroatoms. The number of hydrogen-bond acceptors (Lipinski definition) is 4. The molecule has 0 aliphatic carbocycles. The lowest BCUT2D eigenvalue weighted by Gasteiger charge is -2.10.